The topological polar surface area (TPSA) is 54.0 Å². The molecule has 0 aromatic carbocycles. The molecule has 5 heteroatoms. The van der Waals surface area contributed by atoms with Crippen LogP contribution in [0.15, 0.2) is 0 Å². The second kappa shape index (κ2) is 6.00. The van der Waals surface area contributed by atoms with Gasteiger partial charge in [-0.2, -0.15) is 0 Å². The number of esters is 1. The fraction of sp³-hybridized carbons (Fsp3) is 0.933. The SMILES string of the molecule is COC(C)(CCCC1(C)OC(C(C)(C)C)OC1=O)OC. The van der Waals surface area contributed by atoms with Crippen molar-refractivity contribution in [2.75, 3.05) is 14.2 Å². The van der Waals surface area contributed by atoms with Crippen molar-refractivity contribution in [2.45, 2.75) is 71.6 Å². The van der Waals surface area contributed by atoms with Gasteiger partial charge >= 0.3 is 5.97 Å². The van der Waals surface area contributed by atoms with E-state index in [1.165, 1.54) is 0 Å². The number of hydrogen-bond donors (Lipinski definition) is 0. The van der Waals surface area contributed by atoms with Gasteiger partial charge in [-0.25, -0.2) is 4.79 Å². The van der Waals surface area contributed by atoms with Crippen LogP contribution in [-0.4, -0.2) is 37.9 Å². The van der Waals surface area contributed by atoms with Gasteiger partial charge < -0.3 is 18.9 Å². The summed E-state index contributed by atoms with van der Waals surface area (Å²) < 4.78 is 21.8. The van der Waals surface area contributed by atoms with E-state index in [0.717, 1.165) is 6.42 Å². The van der Waals surface area contributed by atoms with Crippen molar-refractivity contribution in [3.8, 4) is 0 Å². The minimum Gasteiger partial charge on any atom is -0.433 e. The van der Waals surface area contributed by atoms with Gasteiger partial charge in [0, 0.05) is 26.1 Å². The lowest BCUT2D eigenvalue weighted by atomic mass is 9.95. The Bertz CT molecular complexity index is 343. The van der Waals surface area contributed by atoms with Crippen LogP contribution in [0.1, 0.15) is 53.9 Å². The first-order valence-corrected chi connectivity index (χ1v) is 7.05. The van der Waals surface area contributed by atoms with Crippen LogP contribution in [0.2, 0.25) is 0 Å². The van der Waals surface area contributed by atoms with E-state index in [1.807, 2.05) is 27.7 Å². The average Bonchev–Trinajstić information content (AvgIpc) is 2.65. The fourth-order valence-corrected chi connectivity index (χ4v) is 2.08. The number of carbonyl (C=O) groups is 1. The molecule has 0 spiro atoms. The molecule has 2 atom stereocenters. The third kappa shape index (κ3) is 3.93. The van der Waals surface area contributed by atoms with Crippen LogP contribution in [-0.2, 0) is 23.7 Å². The van der Waals surface area contributed by atoms with Gasteiger partial charge in [0.25, 0.3) is 0 Å². The lowest BCUT2D eigenvalue weighted by Gasteiger charge is -2.29. The molecule has 0 N–H and O–H groups in total. The quantitative estimate of drug-likeness (QED) is 0.555. The van der Waals surface area contributed by atoms with Crippen LogP contribution in [0, 0.1) is 5.41 Å². The zero-order chi connectivity index (χ0) is 15.6. The summed E-state index contributed by atoms with van der Waals surface area (Å²) in [6.07, 6.45) is 1.53. The Morgan fingerprint density at radius 2 is 1.75 bits per heavy atom. The van der Waals surface area contributed by atoms with Crippen molar-refractivity contribution >= 4 is 5.97 Å². The lowest BCUT2D eigenvalue weighted by molar-refractivity contribution is -0.199. The molecule has 0 radical (unpaired) electrons. The van der Waals surface area contributed by atoms with Crippen LogP contribution >= 0.6 is 0 Å². The normalized spacial score (nSPS) is 27.8. The van der Waals surface area contributed by atoms with Crippen LogP contribution in [0.5, 0.6) is 0 Å². The van der Waals surface area contributed by atoms with Gasteiger partial charge in [-0.1, -0.05) is 20.8 Å². The molecule has 0 aromatic rings. The zero-order valence-corrected chi connectivity index (χ0v) is 13.7. The van der Waals surface area contributed by atoms with E-state index in [9.17, 15) is 4.79 Å². The molecule has 0 aromatic heterocycles. The Morgan fingerprint density at radius 1 is 1.20 bits per heavy atom. The number of cyclic esters (lactones) is 1. The van der Waals surface area contributed by atoms with E-state index in [0.29, 0.717) is 12.8 Å². The van der Waals surface area contributed by atoms with Crippen LogP contribution in [0.4, 0.5) is 0 Å². The van der Waals surface area contributed by atoms with E-state index < -0.39 is 17.7 Å². The summed E-state index contributed by atoms with van der Waals surface area (Å²) in [5.74, 6) is -0.906. The molecule has 0 bridgehead atoms. The molecule has 1 aliphatic heterocycles. The van der Waals surface area contributed by atoms with E-state index in [-0.39, 0.29) is 11.4 Å². The van der Waals surface area contributed by atoms with Gasteiger partial charge in [0.05, 0.1) is 0 Å². The van der Waals surface area contributed by atoms with Crippen molar-refractivity contribution in [1.82, 2.24) is 0 Å². The third-order valence-electron chi connectivity index (χ3n) is 3.87. The predicted molar refractivity (Wildman–Crippen MR) is 75.1 cm³/mol. The Morgan fingerprint density at radius 3 is 2.15 bits per heavy atom. The van der Waals surface area contributed by atoms with Gasteiger partial charge in [0.2, 0.25) is 6.29 Å². The van der Waals surface area contributed by atoms with E-state index in [1.54, 1.807) is 21.1 Å². The first-order valence-electron chi connectivity index (χ1n) is 7.05. The molecule has 0 amide bonds. The molecular weight excluding hydrogens is 260 g/mol. The standard InChI is InChI=1S/C15H28O5/c1-13(2,3)12-19-11(16)14(4,20-12)9-8-10-15(5,17-6)18-7/h12H,8-10H2,1-7H3. The number of hydrogen-bond acceptors (Lipinski definition) is 5. The number of carbonyl (C=O) groups excluding carboxylic acids is 1. The molecule has 0 saturated carbocycles. The Labute approximate surface area is 121 Å². The van der Waals surface area contributed by atoms with Crippen molar-refractivity contribution in [3.05, 3.63) is 0 Å². The maximum Gasteiger partial charge on any atom is 0.340 e. The highest BCUT2D eigenvalue weighted by Crippen LogP contribution is 2.37. The summed E-state index contributed by atoms with van der Waals surface area (Å²) in [7, 11) is 3.22. The average molecular weight is 288 g/mol. The lowest BCUT2D eigenvalue weighted by Crippen LogP contribution is -2.36. The molecule has 5 nitrogen and oxygen atoms in total. The molecule has 118 valence electrons. The Kier molecular flexibility index (Phi) is 5.22. The first kappa shape index (κ1) is 17.4. The Balaban J connectivity index is 2.57. The minimum atomic E-state index is -0.875. The minimum absolute atomic E-state index is 0.221. The summed E-state index contributed by atoms with van der Waals surface area (Å²) in [5.41, 5.74) is -1.10. The van der Waals surface area contributed by atoms with Gasteiger partial charge in [-0.3, -0.25) is 0 Å². The largest absolute Gasteiger partial charge is 0.433 e. The fourth-order valence-electron chi connectivity index (χ4n) is 2.08. The van der Waals surface area contributed by atoms with Crippen LogP contribution in [0.3, 0.4) is 0 Å². The highest BCUT2D eigenvalue weighted by molar-refractivity contribution is 5.80. The van der Waals surface area contributed by atoms with Gasteiger partial charge in [0.15, 0.2) is 11.4 Å². The van der Waals surface area contributed by atoms with E-state index in [4.69, 9.17) is 18.9 Å². The van der Waals surface area contributed by atoms with Crippen LogP contribution in [0.25, 0.3) is 0 Å². The van der Waals surface area contributed by atoms with Gasteiger partial charge in [0.1, 0.15) is 0 Å². The Hall–Kier alpha value is -0.650. The molecule has 20 heavy (non-hydrogen) atoms. The van der Waals surface area contributed by atoms with Crippen molar-refractivity contribution in [2.24, 2.45) is 5.41 Å². The van der Waals surface area contributed by atoms with E-state index in [2.05, 4.69) is 0 Å². The monoisotopic (exact) mass is 288 g/mol. The molecule has 0 aliphatic carbocycles. The van der Waals surface area contributed by atoms with E-state index >= 15 is 0 Å². The maximum atomic E-state index is 12.0. The third-order valence-corrected chi connectivity index (χ3v) is 3.87. The number of ether oxygens (including phenoxy) is 4. The molecule has 1 aliphatic rings. The summed E-state index contributed by atoms with van der Waals surface area (Å²) in [6.45, 7) is 9.63. The summed E-state index contributed by atoms with van der Waals surface area (Å²) in [5, 5.41) is 0. The second-order valence-electron chi connectivity index (χ2n) is 6.85. The van der Waals surface area contributed by atoms with Crippen molar-refractivity contribution in [1.29, 1.82) is 0 Å². The maximum absolute atomic E-state index is 12.0. The summed E-state index contributed by atoms with van der Waals surface area (Å²) >= 11 is 0. The van der Waals surface area contributed by atoms with Gasteiger partial charge in [-0.05, 0) is 26.7 Å². The van der Waals surface area contributed by atoms with Crippen molar-refractivity contribution < 1.29 is 23.7 Å². The first-order chi connectivity index (χ1) is 9.06. The smallest absolute Gasteiger partial charge is 0.340 e. The summed E-state index contributed by atoms with van der Waals surface area (Å²) in [4.78, 5) is 12.0. The predicted octanol–water partition coefficient (Wildman–Crippen LogP) is 2.87. The number of rotatable bonds is 6. The summed E-state index contributed by atoms with van der Waals surface area (Å²) in [6, 6.07) is 0. The molecule has 2 unspecified atom stereocenters. The number of methoxy groups -OCH3 is 2. The second-order valence-corrected chi connectivity index (χ2v) is 6.85. The molecule has 1 rings (SSSR count). The molecule has 1 fully saturated rings. The molecule has 1 saturated heterocycles. The van der Waals surface area contributed by atoms with Crippen molar-refractivity contribution in [3.63, 3.8) is 0 Å². The highest BCUT2D eigenvalue weighted by atomic mass is 16.8. The highest BCUT2D eigenvalue weighted by Gasteiger charge is 2.50. The zero-order valence-electron chi connectivity index (χ0n) is 13.7. The van der Waals surface area contributed by atoms with Crippen LogP contribution < -0.4 is 0 Å². The van der Waals surface area contributed by atoms with Gasteiger partial charge in [-0.15, -0.1) is 0 Å². The molecular formula is C15H28O5. The molecule has 1 heterocycles.